The number of allylic oxidation sites excluding steroid dienone is 2. The zero-order valence-corrected chi connectivity index (χ0v) is 6.54. The van der Waals surface area contributed by atoms with E-state index < -0.39 is 0 Å². The Labute approximate surface area is 62.2 Å². The monoisotopic (exact) mass is 135 g/mol. The number of nitrogens with zero attached hydrogens (tertiary/aromatic N) is 1. The Morgan fingerprint density at radius 2 is 2.40 bits per heavy atom. The lowest BCUT2D eigenvalue weighted by Crippen LogP contribution is -2.17. The SMILES string of the molecule is C=CC1C=CN=C(C)C1C. The third-order valence-corrected chi connectivity index (χ3v) is 2.09. The molecule has 1 rings (SSSR count). The van der Waals surface area contributed by atoms with Crippen molar-refractivity contribution in [2.75, 3.05) is 0 Å². The first kappa shape index (κ1) is 7.26. The Balaban J connectivity index is 2.77. The van der Waals surface area contributed by atoms with Crippen molar-refractivity contribution in [1.29, 1.82) is 0 Å². The Kier molecular flexibility index (Phi) is 2.05. The zero-order chi connectivity index (χ0) is 7.56. The number of rotatable bonds is 1. The molecule has 0 aromatic carbocycles. The van der Waals surface area contributed by atoms with Crippen molar-refractivity contribution in [3.63, 3.8) is 0 Å². The van der Waals surface area contributed by atoms with Crippen LogP contribution in [0.1, 0.15) is 13.8 Å². The minimum Gasteiger partial charge on any atom is -0.266 e. The first-order valence-corrected chi connectivity index (χ1v) is 3.59. The molecule has 0 amide bonds. The van der Waals surface area contributed by atoms with E-state index in [1.54, 1.807) is 0 Å². The second-order valence-electron chi connectivity index (χ2n) is 2.71. The summed E-state index contributed by atoms with van der Waals surface area (Å²) in [6.45, 7) is 8.00. The zero-order valence-electron chi connectivity index (χ0n) is 6.54. The van der Waals surface area contributed by atoms with Crippen LogP contribution >= 0.6 is 0 Å². The van der Waals surface area contributed by atoms with Crippen LogP contribution in [0.15, 0.2) is 29.9 Å². The molecule has 0 N–H and O–H groups in total. The molecule has 1 aliphatic heterocycles. The lowest BCUT2D eigenvalue weighted by Gasteiger charge is -2.19. The quantitative estimate of drug-likeness (QED) is 0.489. The highest BCUT2D eigenvalue weighted by Crippen LogP contribution is 2.19. The normalized spacial score (nSPS) is 31.6. The molecule has 0 saturated carbocycles. The fraction of sp³-hybridized carbons (Fsp3) is 0.444. The van der Waals surface area contributed by atoms with E-state index >= 15 is 0 Å². The maximum absolute atomic E-state index is 4.20. The molecular formula is C9H13N. The molecule has 0 spiro atoms. The molecule has 54 valence electrons. The van der Waals surface area contributed by atoms with E-state index in [2.05, 4.69) is 31.5 Å². The summed E-state index contributed by atoms with van der Waals surface area (Å²) >= 11 is 0. The van der Waals surface area contributed by atoms with Crippen molar-refractivity contribution in [1.82, 2.24) is 0 Å². The summed E-state index contributed by atoms with van der Waals surface area (Å²) in [5.74, 6) is 1.01. The van der Waals surface area contributed by atoms with Crippen LogP contribution in [-0.2, 0) is 0 Å². The van der Waals surface area contributed by atoms with Crippen molar-refractivity contribution in [3.8, 4) is 0 Å². The Hall–Kier alpha value is -0.850. The summed E-state index contributed by atoms with van der Waals surface area (Å²) in [6.07, 6.45) is 5.92. The van der Waals surface area contributed by atoms with E-state index in [0.29, 0.717) is 11.8 Å². The smallest absolute Gasteiger partial charge is 0.0233 e. The van der Waals surface area contributed by atoms with Crippen LogP contribution in [0.4, 0.5) is 0 Å². The maximum Gasteiger partial charge on any atom is 0.0233 e. The van der Waals surface area contributed by atoms with Crippen LogP contribution in [0.25, 0.3) is 0 Å². The summed E-state index contributed by atoms with van der Waals surface area (Å²) in [5, 5.41) is 0. The molecule has 0 fully saturated rings. The van der Waals surface area contributed by atoms with Crippen LogP contribution in [0, 0.1) is 11.8 Å². The van der Waals surface area contributed by atoms with Gasteiger partial charge in [0, 0.05) is 23.7 Å². The predicted octanol–water partition coefficient (Wildman–Crippen LogP) is 2.41. The summed E-state index contributed by atoms with van der Waals surface area (Å²) in [5.41, 5.74) is 1.20. The molecule has 1 heterocycles. The van der Waals surface area contributed by atoms with Crippen molar-refractivity contribution in [2.45, 2.75) is 13.8 Å². The molecule has 0 aliphatic carbocycles. The minimum atomic E-state index is 0.484. The van der Waals surface area contributed by atoms with Gasteiger partial charge < -0.3 is 0 Å². The summed E-state index contributed by atoms with van der Waals surface area (Å²) in [7, 11) is 0. The molecule has 0 aromatic heterocycles. The van der Waals surface area contributed by atoms with Gasteiger partial charge in [-0.2, -0.15) is 0 Å². The van der Waals surface area contributed by atoms with Crippen LogP contribution in [-0.4, -0.2) is 5.71 Å². The number of hydrogen-bond donors (Lipinski definition) is 0. The maximum atomic E-state index is 4.20. The molecule has 2 unspecified atom stereocenters. The molecule has 0 radical (unpaired) electrons. The summed E-state index contributed by atoms with van der Waals surface area (Å²) in [6, 6.07) is 0. The Bertz CT molecular complexity index is 189. The van der Waals surface area contributed by atoms with E-state index in [4.69, 9.17) is 0 Å². The lowest BCUT2D eigenvalue weighted by atomic mass is 9.89. The second kappa shape index (κ2) is 2.82. The van der Waals surface area contributed by atoms with Gasteiger partial charge in [-0.05, 0) is 6.92 Å². The fourth-order valence-corrected chi connectivity index (χ4v) is 1.11. The average molecular weight is 135 g/mol. The highest BCUT2D eigenvalue weighted by Gasteiger charge is 2.15. The van der Waals surface area contributed by atoms with Crippen LogP contribution < -0.4 is 0 Å². The molecule has 0 bridgehead atoms. The Morgan fingerprint density at radius 3 is 2.90 bits per heavy atom. The van der Waals surface area contributed by atoms with E-state index in [1.165, 1.54) is 5.71 Å². The number of hydrogen-bond acceptors (Lipinski definition) is 1. The van der Waals surface area contributed by atoms with Crippen LogP contribution in [0.3, 0.4) is 0 Å². The molecule has 10 heavy (non-hydrogen) atoms. The average Bonchev–Trinajstić information content (AvgIpc) is 1.95. The van der Waals surface area contributed by atoms with Gasteiger partial charge in [0.05, 0.1) is 0 Å². The number of aliphatic imine (C=N–C) groups is 1. The van der Waals surface area contributed by atoms with Crippen LogP contribution in [0.2, 0.25) is 0 Å². The summed E-state index contributed by atoms with van der Waals surface area (Å²) < 4.78 is 0. The van der Waals surface area contributed by atoms with Crippen molar-refractivity contribution in [3.05, 3.63) is 24.9 Å². The fourth-order valence-electron chi connectivity index (χ4n) is 1.11. The van der Waals surface area contributed by atoms with Crippen LogP contribution in [0.5, 0.6) is 0 Å². The minimum absolute atomic E-state index is 0.484. The van der Waals surface area contributed by atoms with Gasteiger partial charge in [-0.15, -0.1) is 6.58 Å². The van der Waals surface area contributed by atoms with Crippen molar-refractivity contribution >= 4 is 5.71 Å². The highest BCUT2D eigenvalue weighted by molar-refractivity contribution is 5.86. The van der Waals surface area contributed by atoms with Gasteiger partial charge in [-0.25, -0.2) is 0 Å². The molecule has 0 saturated heterocycles. The topological polar surface area (TPSA) is 12.4 Å². The molecular weight excluding hydrogens is 122 g/mol. The van der Waals surface area contributed by atoms with Gasteiger partial charge >= 0.3 is 0 Å². The van der Waals surface area contributed by atoms with Gasteiger partial charge in [0.2, 0.25) is 0 Å². The van der Waals surface area contributed by atoms with Gasteiger partial charge in [-0.3, -0.25) is 4.99 Å². The van der Waals surface area contributed by atoms with Crippen molar-refractivity contribution in [2.24, 2.45) is 16.8 Å². The van der Waals surface area contributed by atoms with E-state index in [0.717, 1.165) is 0 Å². The standard InChI is InChI=1S/C9H13N/c1-4-9-5-6-10-8(3)7(9)2/h4-7,9H,1H2,2-3H3. The molecule has 2 atom stereocenters. The highest BCUT2D eigenvalue weighted by atomic mass is 14.7. The first-order chi connectivity index (χ1) is 4.75. The third-order valence-electron chi connectivity index (χ3n) is 2.09. The van der Waals surface area contributed by atoms with Crippen molar-refractivity contribution < 1.29 is 0 Å². The Morgan fingerprint density at radius 1 is 1.70 bits per heavy atom. The van der Waals surface area contributed by atoms with E-state index in [-0.39, 0.29) is 0 Å². The lowest BCUT2D eigenvalue weighted by molar-refractivity contribution is 0.636. The van der Waals surface area contributed by atoms with Gasteiger partial charge in [0.25, 0.3) is 0 Å². The second-order valence-corrected chi connectivity index (χ2v) is 2.71. The van der Waals surface area contributed by atoms with Gasteiger partial charge in [-0.1, -0.05) is 19.1 Å². The summed E-state index contributed by atoms with van der Waals surface area (Å²) in [4.78, 5) is 4.20. The van der Waals surface area contributed by atoms with Gasteiger partial charge in [0.15, 0.2) is 0 Å². The largest absolute Gasteiger partial charge is 0.266 e. The third kappa shape index (κ3) is 1.18. The first-order valence-electron chi connectivity index (χ1n) is 3.59. The molecule has 1 nitrogen and oxygen atoms in total. The predicted molar refractivity (Wildman–Crippen MR) is 45.1 cm³/mol. The van der Waals surface area contributed by atoms with E-state index in [9.17, 15) is 0 Å². The van der Waals surface area contributed by atoms with Gasteiger partial charge in [0.1, 0.15) is 0 Å². The molecule has 1 heteroatoms. The molecule has 1 aliphatic rings. The van der Waals surface area contributed by atoms with E-state index in [1.807, 2.05) is 12.3 Å². The molecule has 0 aromatic rings.